The molecule has 0 aliphatic rings. The highest BCUT2D eigenvalue weighted by Crippen LogP contribution is 1.99. The molecule has 1 heterocycles. The zero-order chi connectivity index (χ0) is 12.0. The Hall–Kier alpha value is -1.70. The largest absolute Gasteiger partial charge is 0.258 e. The van der Waals surface area contributed by atoms with Crippen molar-refractivity contribution in [2.45, 2.75) is 27.7 Å². The molecule has 0 fully saturated rings. The van der Waals surface area contributed by atoms with Crippen molar-refractivity contribution < 1.29 is 0 Å². The van der Waals surface area contributed by atoms with Crippen LogP contribution in [-0.4, -0.2) is 9.97 Å². The maximum Gasteiger partial charge on any atom is 0.0555 e. The van der Waals surface area contributed by atoms with E-state index < -0.39 is 0 Å². The molecule has 16 heavy (non-hydrogen) atoms. The molecule has 0 aliphatic carbocycles. The maximum absolute atomic E-state index is 4.02. The fraction of sp³-hybridized carbons (Fsp3) is 0.286. The van der Waals surface area contributed by atoms with Crippen LogP contribution in [0.15, 0.2) is 36.7 Å². The first-order chi connectivity index (χ1) is 7.58. The van der Waals surface area contributed by atoms with E-state index in [1.807, 2.05) is 13.8 Å². The summed E-state index contributed by atoms with van der Waals surface area (Å²) in [5.74, 6) is 0. The van der Waals surface area contributed by atoms with Crippen LogP contribution in [0, 0.1) is 27.7 Å². The third-order valence-corrected chi connectivity index (χ3v) is 2.13. The smallest absolute Gasteiger partial charge is 0.0555 e. The molecule has 0 radical (unpaired) electrons. The molecular formula is C14H18N2. The van der Waals surface area contributed by atoms with Crippen molar-refractivity contribution in [2.75, 3.05) is 0 Å². The van der Waals surface area contributed by atoms with Gasteiger partial charge in [0.2, 0.25) is 0 Å². The van der Waals surface area contributed by atoms with Gasteiger partial charge in [0.1, 0.15) is 0 Å². The van der Waals surface area contributed by atoms with Crippen LogP contribution >= 0.6 is 0 Å². The van der Waals surface area contributed by atoms with Gasteiger partial charge in [-0.1, -0.05) is 35.4 Å². The van der Waals surface area contributed by atoms with Gasteiger partial charge in [-0.25, -0.2) is 0 Å². The third-order valence-electron chi connectivity index (χ3n) is 2.13. The fourth-order valence-electron chi connectivity index (χ4n) is 1.09. The van der Waals surface area contributed by atoms with E-state index in [0.717, 1.165) is 11.4 Å². The number of rotatable bonds is 0. The van der Waals surface area contributed by atoms with Gasteiger partial charge in [-0.15, -0.1) is 0 Å². The van der Waals surface area contributed by atoms with Crippen LogP contribution in [0.3, 0.4) is 0 Å². The Morgan fingerprint density at radius 1 is 0.625 bits per heavy atom. The monoisotopic (exact) mass is 214 g/mol. The molecule has 0 saturated heterocycles. The lowest BCUT2D eigenvalue weighted by atomic mass is 10.2. The molecule has 2 aromatic rings. The van der Waals surface area contributed by atoms with E-state index in [1.54, 1.807) is 12.4 Å². The van der Waals surface area contributed by atoms with Gasteiger partial charge in [0.25, 0.3) is 0 Å². The quantitative estimate of drug-likeness (QED) is 0.671. The molecule has 0 unspecified atom stereocenters. The third kappa shape index (κ3) is 4.69. The van der Waals surface area contributed by atoms with Crippen LogP contribution in [0.1, 0.15) is 22.5 Å². The zero-order valence-electron chi connectivity index (χ0n) is 10.4. The van der Waals surface area contributed by atoms with Crippen LogP contribution in [0.2, 0.25) is 0 Å². The van der Waals surface area contributed by atoms with Crippen molar-refractivity contribution in [1.29, 1.82) is 0 Å². The van der Waals surface area contributed by atoms with Crippen LogP contribution < -0.4 is 0 Å². The van der Waals surface area contributed by atoms with E-state index in [1.165, 1.54) is 11.1 Å². The van der Waals surface area contributed by atoms with Gasteiger partial charge >= 0.3 is 0 Å². The predicted molar refractivity (Wildman–Crippen MR) is 67.4 cm³/mol. The Balaban J connectivity index is 0.000000160. The number of benzene rings is 1. The minimum Gasteiger partial charge on any atom is -0.258 e. The van der Waals surface area contributed by atoms with Gasteiger partial charge in [-0.2, -0.15) is 0 Å². The molecule has 2 heteroatoms. The molecule has 0 N–H and O–H groups in total. The van der Waals surface area contributed by atoms with E-state index in [4.69, 9.17) is 0 Å². The molecule has 0 bridgehead atoms. The molecule has 2 nitrogen and oxygen atoms in total. The summed E-state index contributed by atoms with van der Waals surface area (Å²) in [5.41, 5.74) is 4.59. The van der Waals surface area contributed by atoms with Crippen LogP contribution in [0.4, 0.5) is 0 Å². The van der Waals surface area contributed by atoms with Crippen LogP contribution in [0.5, 0.6) is 0 Å². The number of aromatic nitrogens is 2. The topological polar surface area (TPSA) is 25.8 Å². The lowest BCUT2D eigenvalue weighted by Crippen LogP contribution is -1.84. The van der Waals surface area contributed by atoms with Crippen LogP contribution in [-0.2, 0) is 0 Å². The van der Waals surface area contributed by atoms with Crippen molar-refractivity contribution in [3.63, 3.8) is 0 Å². The van der Waals surface area contributed by atoms with Gasteiger partial charge in [0.05, 0.1) is 11.4 Å². The zero-order valence-corrected chi connectivity index (χ0v) is 10.4. The number of hydrogen-bond donors (Lipinski definition) is 0. The van der Waals surface area contributed by atoms with E-state index in [-0.39, 0.29) is 0 Å². The maximum atomic E-state index is 4.02. The molecule has 0 spiro atoms. The standard InChI is InChI=1S/C8H10.C6H8N2/c1-7-3-5-8(2)6-4-7;1-5-3-8-6(2)4-7-5/h3-6H,1-2H3;3-4H,1-2H3. The first-order valence-corrected chi connectivity index (χ1v) is 5.36. The highest BCUT2D eigenvalue weighted by molar-refractivity contribution is 5.19. The SMILES string of the molecule is Cc1ccc(C)cc1.Cc1cnc(C)cn1. The Morgan fingerprint density at radius 3 is 1.19 bits per heavy atom. The number of nitrogens with zero attached hydrogens (tertiary/aromatic N) is 2. The van der Waals surface area contributed by atoms with Crippen molar-refractivity contribution in [3.05, 3.63) is 59.2 Å². The normalized spacial score (nSPS) is 9.25. The Kier molecular flexibility index (Phi) is 4.65. The minimum atomic E-state index is 0.968. The Bertz CT molecular complexity index is 330. The average molecular weight is 214 g/mol. The molecule has 0 saturated carbocycles. The average Bonchev–Trinajstić information content (AvgIpc) is 2.28. The lowest BCUT2D eigenvalue weighted by molar-refractivity contribution is 1.06. The van der Waals surface area contributed by atoms with Gasteiger partial charge in [-0.05, 0) is 27.7 Å². The molecule has 1 aromatic carbocycles. The molecular weight excluding hydrogens is 196 g/mol. The van der Waals surface area contributed by atoms with E-state index in [2.05, 4.69) is 48.1 Å². The number of hydrogen-bond acceptors (Lipinski definition) is 2. The van der Waals surface area contributed by atoms with Gasteiger partial charge in [0.15, 0.2) is 0 Å². The second-order valence-electron chi connectivity index (χ2n) is 3.95. The lowest BCUT2D eigenvalue weighted by Gasteiger charge is -1.90. The van der Waals surface area contributed by atoms with Crippen LogP contribution in [0.25, 0.3) is 0 Å². The number of aryl methyl sites for hydroxylation is 4. The molecule has 84 valence electrons. The molecule has 2 rings (SSSR count). The van der Waals surface area contributed by atoms with E-state index in [9.17, 15) is 0 Å². The Morgan fingerprint density at radius 2 is 0.938 bits per heavy atom. The summed E-state index contributed by atoms with van der Waals surface area (Å²) in [6.07, 6.45) is 3.52. The van der Waals surface area contributed by atoms with Crippen molar-refractivity contribution in [1.82, 2.24) is 9.97 Å². The second kappa shape index (κ2) is 6.01. The van der Waals surface area contributed by atoms with Gasteiger partial charge in [-0.3, -0.25) is 9.97 Å². The van der Waals surface area contributed by atoms with E-state index >= 15 is 0 Å². The highest BCUT2D eigenvalue weighted by atomic mass is 14.8. The van der Waals surface area contributed by atoms with Crippen molar-refractivity contribution in [3.8, 4) is 0 Å². The molecule has 0 aliphatic heterocycles. The minimum absolute atomic E-state index is 0.968. The summed E-state index contributed by atoms with van der Waals surface area (Å²) in [6, 6.07) is 8.48. The Labute approximate surface area is 97.4 Å². The summed E-state index contributed by atoms with van der Waals surface area (Å²) >= 11 is 0. The second-order valence-corrected chi connectivity index (χ2v) is 3.95. The summed E-state index contributed by atoms with van der Waals surface area (Å²) in [7, 11) is 0. The fourth-order valence-corrected chi connectivity index (χ4v) is 1.09. The van der Waals surface area contributed by atoms with Gasteiger partial charge < -0.3 is 0 Å². The van der Waals surface area contributed by atoms with Crippen molar-refractivity contribution >= 4 is 0 Å². The highest BCUT2D eigenvalue weighted by Gasteiger charge is 1.82. The summed E-state index contributed by atoms with van der Waals surface area (Å²) in [5, 5.41) is 0. The molecule has 0 atom stereocenters. The summed E-state index contributed by atoms with van der Waals surface area (Å²) in [4.78, 5) is 8.03. The predicted octanol–water partition coefficient (Wildman–Crippen LogP) is 3.40. The van der Waals surface area contributed by atoms with Crippen molar-refractivity contribution in [2.24, 2.45) is 0 Å². The first-order valence-electron chi connectivity index (χ1n) is 5.36. The summed E-state index contributed by atoms with van der Waals surface area (Å²) < 4.78 is 0. The van der Waals surface area contributed by atoms with E-state index in [0.29, 0.717) is 0 Å². The van der Waals surface area contributed by atoms with Gasteiger partial charge in [0, 0.05) is 12.4 Å². The molecule has 0 amide bonds. The molecule has 1 aromatic heterocycles. The summed E-state index contributed by atoms with van der Waals surface area (Å²) in [6.45, 7) is 8.04. The first kappa shape index (κ1) is 12.4.